The molecule has 1 rings (SSSR count). The summed E-state index contributed by atoms with van der Waals surface area (Å²) in [6, 6.07) is 8.87. The van der Waals surface area contributed by atoms with Crippen molar-refractivity contribution in [1.29, 1.82) is 0 Å². The zero-order valence-electron chi connectivity index (χ0n) is 9.48. The van der Waals surface area contributed by atoms with E-state index in [-0.39, 0.29) is 0 Å². The highest BCUT2D eigenvalue weighted by atomic mass is 16.6. The van der Waals surface area contributed by atoms with Gasteiger partial charge in [-0.3, -0.25) is 0 Å². The van der Waals surface area contributed by atoms with Crippen LogP contribution in [0.25, 0.3) is 0 Å². The maximum Gasteiger partial charge on any atom is 0.327 e. The highest BCUT2D eigenvalue weighted by Gasteiger charge is 2.11. The molecular weight excluding hydrogens is 224 g/mol. The molecule has 0 aliphatic rings. The normalized spacial score (nSPS) is 12.6. The van der Waals surface area contributed by atoms with Crippen LogP contribution in [0.5, 0.6) is 5.75 Å². The minimum Gasteiger partial charge on any atom is -0.478 e. The number of carboxylic acids is 1. The number of rotatable bonds is 4. The highest BCUT2D eigenvalue weighted by molar-refractivity contribution is 5.78. The lowest BCUT2D eigenvalue weighted by atomic mass is 10.3. The van der Waals surface area contributed by atoms with Crippen LogP contribution in [0, 0.1) is 0 Å². The monoisotopic (exact) mass is 240 g/mol. The van der Waals surface area contributed by atoms with Gasteiger partial charge in [0.25, 0.3) is 0 Å². The maximum absolute atomic E-state index is 9.25. The second kappa shape index (κ2) is 8.32. The fourth-order valence-corrected chi connectivity index (χ4v) is 0.737. The zero-order chi connectivity index (χ0) is 13.3. The van der Waals surface area contributed by atoms with E-state index in [4.69, 9.17) is 20.1 Å². The summed E-state index contributed by atoms with van der Waals surface area (Å²) in [6.45, 7) is 4.43. The van der Waals surface area contributed by atoms with E-state index in [1.807, 2.05) is 6.07 Å². The maximum atomic E-state index is 9.25. The van der Waals surface area contributed by atoms with Crippen molar-refractivity contribution in [2.75, 3.05) is 0 Å². The van der Waals surface area contributed by atoms with Gasteiger partial charge < -0.3 is 20.1 Å². The standard InChI is InChI=1S/C9H12O3.C3H4O2/c1-7(10)9(11)12-8-5-3-2-4-6-8;1-2-3(4)5/h2-7,9-11H,1H3;2H,1H2,(H,4,5). The Morgan fingerprint density at radius 3 is 2.18 bits per heavy atom. The van der Waals surface area contributed by atoms with Crippen molar-refractivity contribution in [1.82, 2.24) is 0 Å². The zero-order valence-corrected chi connectivity index (χ0v) is 9.48. The van der Waals surface area contributed by atoms with Gasteiger partial charge in [0, 0.05) is 6.08 Å². The summed E-state index contributed by atoms with van der Waals surface area (Å²) < 4.78 is 4.98. The molecule has 0 bridgehead atoms. The molecule has 0 heterocycles. The molecule has 3 N–H and O–H groups in total. The number of hydrogen-bond donors (Lipinski definition) is 3. The molecule has 0 spiro atoms. The number of aliphatic hydroxyl groups excluding tert-OH is 2. The van der Waals surface area contributed by atoms with Crippen LogP contribution in [0.3, 0.4) is 0 Å². The summed E-state index contributed by atoms with van der Waals surface area (Å²) in [6.07, 6.45) is -1.21. The van der Waals surface area contributed by atoms with Gasteiger partial charge in [-0.15, -0.1) is 0 Å². The molecule has 0 saturated heterocycles. The number of benzene rings is 1. The van der Waals surface area contributed by atoms with Gasteiger partial charge >= 0.3 is 5.97 Å². The predicted molar refractivity (Wildman–Crippen MR) is 62.6 cm³/mol. The van der Waals surface area contributed by atoms with E-state index in [0.29, 0.717) is 5.75 Å². The van der Waals surface area contributed by atoms with Crippen molar-refractivity contribution < 1.29 is 24.9 Å². The average molecular weight is 240 g/mol. The van der Waals surface area contributed by atoms with Crippen LogP contribution in [-0.4, -0.2) is 33.7 Å². The van der Waals surface area contributed by atoms with Crippen LogP contribution in [0.2, 0.25) is 0 Å². The van der Waals surface area contributed by atoms with E-state index in [0.717, 1.165) is 6.08 Å². The van der Waals surface area contributed by atoms with Crippen LogP contribution in [-0.2, 0) is 4.79 Å². The number of aliphatic hydroxyl groups is 2. The third-order valence-corrected chi connectivity index (χ3v) is 1.59. The predicted octanol–water partition coefficient (Wildman–Crippen LogP) is 1.02. The largest absolute Gasteiger partial charge is 0.478 e. The highest BCUT2D eigenvalue weighted by Crippen LogP contribution is 2.10. The Kier molecular flexibility index (Phi) is 7.41. The van der Waals surface area contributed by atoms with Gasteiger partial charge in [-0.05, 0) is 19.1 Å². The van der Waals surface area contributed by atoms with E-state index >= 15 is 0 Å². The van der Waals surface area contributed by atoms with Crippen LogP contribution in [0.1, 0.15) is 6.92 Å². The van der Waals surface area contributed by atoms with Crippen molar-refractivity contribution in [2.45, 2.75) is 19.3 Å². The minimum absolute atomic E-state index is 0.547. The number of hydrogen-bond acceptors (Lipinski definition) is 4. The molecule has 1 aromatic carbocycles. The second-order valence-corrected chi connectivity index (χ2v) is 3.10. The van der Waals surface area contributed by atoms with Crippen LogP contribution in [0.4, 0.5) is 0 Å². The van der Waals surface area contributed by atoms with Crippen LogP contribution >= 0.6 is 0 Å². The van der Waals surface area contributed by atoms with Crippen molar-refractivity contribution in [3.05, 3.63) is 43.0 Å². The lowest BCUT2D eigenvalue weighted by Gasteiger charge is -2.15. The molecule has 5 nitrogen and oxygen atoms in total. The van der Waals surface area contributed by atoms with E-state index in [1.165, 1.54) is 6.92 Å². The quantitative estimate of drug-likeness (QED) is 0.540. The Morgan fingerprint density at radius 2 is 1.82 bits per heavy atom. The Labute approximate surface area is 99.6 Å². The van der Waals surface area contributed by atoms with E-state index < -0.39 is 18.4 Å². The minimum atomic E-state index is -1.16. The summed E-state index contributed by atoms with van der Waals surface area (Å²) in [5, 5.41) is 25.6. The third kappa shape index (κ3) is 8.01. The lowest BCUT2D eigenvalue weighted by Crippen LogP contribution is -2.28. The topological polar surface area (TPSA) is 87.0 Å². The SMILES string of the molecule is C=CC(=O)O.CC(O)C(O)Oc1ccccc1. The first-order chi connectivity index (χ1) is 7.97. The lowest BCUT2D eigenvalue weighted by molar-refractivity contribution is -0.131. The Balaban J connectivity index is 0.000000437. The molecule has 17 heavy (non-hydrogen) atoms. The molecule has 0 aliphatic heterocycles. The van der Waals surface area contributed by atoms with Gasteiger partial charge in [0.15, 0.2) is 0 Å². The second-order valence-electron chi connectivity index (χ2n) is 3.10. The van der Waals surface area contributed by atoms with Crippen LogP contribution in [0.15, 0.2) is 43.0 Å². The molecule has 2 unspecified atom stereocenters. The van der Waals surface area contributed by atoms with E-state index in [9.17, 15) is 4.79 Å². The molecule has 0 radical (unpaired) electrons. The average Bonchev–Trinajstić information content (AvgIpc) is 2.31. The molecule has 0 saturated carbocycles. The van der Waals surface area contributed by atoms with Gasteiger partial charge in [0.05, 0.1) is 0 Å². The molecule has 2 atom stereocenters. The molecular formula is C12H16O5. The molecule has 94 valence electrons. The first kappa shape index (κ1) is 15.2. The number of aliphatic carboxylic acids is 1. The first-order valence-electron chi connectivity index (χ1n) is 4.90. The molecule has 0 aliphatic carbocycles. The van der Waals surface area contributed by atoms with Gasteiger partial charge in [-0.25, -0.2) is 4.79 Å². The van der Waals surface area contributed by atoms with E-state index in [2.05, 4.69) is 6.58 Å². The van der Waals surface area contributed by atoms with Gasteiger partial charge in [-0.1, -0.05) is 24.8 Å². The fourth-order valence-electron chi connectivity index (χ4n) is 0.737. The Morgan fingerprint density at radius 1 is 1.35 bits per heavy atom. The van der Waals surface area contributed by atoms with Gasteiger partial charge in [-0.2, -0.15) is 0 Å². The molecule has 0 amide bonds. The number of para-hydroxylation sites is 1. The van der Waals surface area contributed by atoms with Gasteiger partial charge in [0.1, 0.15) is 11.9 Å². The number of ether oxygens (including phenoxy) is 1. The third-order valence-electron chi connectivity index (χ3n) is 1.59. The summed E-state index contributed by atoms with van der Waals surface area (Å²) in [5.74, 6) is -0.434. The smallest absolute Gasteiger partial charge is 0.327 e. The summed E-state index contributed by atoms with van der Waals surface area (Å²) in [5.41, 5.74) is 0. The van der Waals surface area contributed by atoms with Crippen LogP contribution < -0.4 is 4.74 Å². The molecule has 5 heteroatoms. The van der Waals surface area contributed by atoms with Gasteiger partial charge in [0.2, 0.25) is 6.29 Å². The summed E-state index contributed by atoms with van der Waals surface area (Å²) in [4.78, 5) is 9.25. The van der Waals surface area contributed by atoms with E-state index in [1.54, 1.807) is 24.3 Å². The van der Waals surface area contributed by atoms with Crippen molar-refractivity contribution >= 4 is 5.97 Å². The van der Waals surface area contributed by atoms with Crippen molar-refractivity contribution in [3.8, 4) is 5.75 Å². The molecule has 0 aromatic heterocycles. The fraction of sp³-hybridized carbons (Fsp3) is 0.250. The first-order valence-corrected chi connectivity index (χ1v) is 4.90. The summed E-state index contributed by atoms with van der Waals surface area (Å²) >= 11 is 0. The number of carboxylic acid groups (broad SMARTS) is 1. The Hall–Kier alpha value is -1.85. The Bertz CT molecular complexity index is 334. The molecule has 0 fully saturated rings. The van der Waals surface area contributed by atoms with Crippen molar-refractivity contribution in [2.24, 2.45) is 0 Å². The summed E-state index contributed by atoms with van der Waals surface area (Å²) in [7, 11) is 0. The molecule has 1 aromatic rings. The van der Waals surface area contributed by atoms with Crippen molar-refractivity contribution in [3.63, 3.8) is 0 Å². The number of carbonyl (C=O) groups is 1.